The summed E-state index contributed by atoms with van der Waals surface area (Å²) in [4.78, 5) is 12.2. The zero-order chi connectivity index (χ0) is 12.9. The van der Waals surface area contributed by atoms with Crippen molar-refractivity contribution in [3.05, 3.63) is 0 Å². The van der Waals surface area contributed by atoms with E-state index < -0.39 is 5.41 Å². The number of carbonyl (C=O) groups is 1. The molecule has 0 saturated heterocycles. The van der Waals surface area contributed by atoms with Gasteiger partial charge in [-0.25, -0.2) is 0 Å². The third-order valence-electron chi connectivity index (χ3n) is 3.93. The summed E-state index contributed by atoms with van der Waals surface area (Å²) in [6.07, 6.45) is 4.20. The van der Waals surface area contributed by atoms with Crippen LogP contribution < -0.4 is 5.32 Å². The number of ether oxygens (including phenoxy) is 1. The van der Waals surface area contributed by atoms with Gasteiger partial charge in [-0.3, -0.25) is 4.79 Å². The average Bonchev–Trinajstić information content (AvgIpc) is 2.79. The van der Waals surface area contributed by atoms with Crippen LogP contribution in [0.3, 0.4) is 0 Å². The van der Waals surface area contributed by atoms with Gasteiger partial charge < -0.3 is 10.1 Å². The molecule has 1 rings (SSSR count). The van der Waals surface area contributed by atoms with Gasteiger partial charge >= 0.3 is 0 Å². The normalized spacial score (nSPS) is 24.4. The smallest absolute Gasteiger partial charge is 0.240 e. The number of methoxy groups -OCH3 is 1. The van der Waals surface area contributed by atoms with E-state index in [1.54, 1.807) is 7.11 Å². The van der Waals surface area contributed by atoms with Crippen molar-refractivity contribution >= 4 is 5.91 Å². The summed E-state index contributed by atoms with van der Waals surface area (Å²) in [5.41, 5.74) is -0.874. The molecule has 0 aromatic heterocycles. The molecule has 2 unspecified atom stereocenters. The van der Waals surface area contributed by atoms with E-state index in [9.17, 15) is 10.1 Å². The molecule has 1 N–H and O–H groups in total. The highest BCUT2D eigenvalue weighted by molar-refractivity contribution is 5.85. The third-order valence-corrected chi connectivity index (χ3v) is 3.93. The molecule has 4 nitrogen and oxygen atoms in total. The monoisotopic (exact) mass is 238 g/mol. The van der Waals surface area contributed by atoms with E-state index in [1.807, 2.05) is 13.8 Å². The molecule has 0 radical (unpaired) electrons. The molecule has 4 heteroatoms. The van der Waals surface area contributed by atoms with Crippen LogP contribution in [0.1, 0.15) is 46.0 Å². The van der Waals surface area contributed by atoms with Gasteiger partial charge in [0.05, 0.1) is 18.2 Å². The Morgan fingerprint density at radius 1 is 1.47 bits per heavy atom. The van der Waals surface area contributed by atoms with Crippen molar-refractivity contribution in [2.75, 3.05) is 7.11 Å². The largest absolute Gasteiger partial charge is 0.379 e. The van der Waals surface area contributed by atoms with Crippen LogP contribution in [0.5, 0.6) is 0 Å². The summed E-state index contributed by atoms with van der Waals surface area (Å²) in [6, 6.07) is 2.24. The first-order valence-corrected chi connectivity index (χ1v) is 6.38. The average molecular weight is 238 g/mol. The van der Waals surface area contributed by atoms with Gasteiger partial charge in [0.25, 0.3) is 0 Å². The van der Waals surface area contributed by atoms with Crippen LogP contribution in [0.25, 0.3) is 0 Å². The zero-order valence-corrected chi connectivity index (χ0v) is 11.0. The predicted octanol–water partition coefficient (Wildman–Crippen LogP) is 2.00. The van der Waals surface area contributed by atoms with Gasteiger partial charge in [0, 0.05) is 7.11 Å². The molecular weight excluding hydrogens is 216 g/mol. The lowest BCUT2D eigenvalue weighted by Gasteiger charge is -2.27. The Kier molecular flexibility index (Phi) is 4.95. The van der Waals surface area contributed by atoms with Crippen molar-refractivity contribution < 1.29 is 9.53 Å². The first-order valence-electron chi connectivity index (χ1n) is 6.38. The lowest BCUT2D eigenvalue weighted by atomic mass is 9.83. The minimum atomic E-state index is -0.874. The summed E-state index contributed by atoms with van der Waals surface area (Å²) < 4.78 is 5.34. The van der Waals surface area contributed by atoms with E-state index in [-0.39, 0.29) is 18.1 Å². The maximum Gasteiger partial charge on any atom is 0.240 e. The van der Waals surface area contributed by atoms with Crippen LogP contribution in [0.4, 0.5) is 0 Å². The molecule has 0 aromatic carbocycles. The molecule has 2 atom stereocenters. The molecule has 0 aliphatic heterocycles. The summed E-state index contributed by atoms with van der Waals surface area (Å²) in [7, 11) is 1.67. The Bertz CT molecular complexity index is 305. The predicted molar refractivity (Wildman–Crippen MR) is 65.2 cm³/mol. The highest BCUT2D eigenvalue weighted by Gasteiger charge is 2.38. The van der Waals surface area contributed by atoms with Crippen LogP contribution in [-0.4, -0.2) is 25.2 Å². The van der Waals surface area contributed by atoms with E-state index in [0.717, 1.165) is 19.3 Å². The molecule has 17 heavy (non-hydrogen) atoms. The van der Waals surface area contributed by atoms with E-state index in [1.165, 1.54) is 0 Å². The third kappa shape index (κ3) is 2.78. The Morgan fingerprint density at radius 3 is 2.59 bits per heavy atom. The van der Waals surface area contributed by atoms with E-state index in [2.05, 4.69) is 11.4 Å². The van der Waals surface area contributed by atoms with Crippen molar-refractivity contribution in [2.24, 2.45) is 5.41 Å². The highest BCUT2D eigenvalue weighted by Crippen LogP contribution is 2.28. The fraction of sp³-hybridized carbons (Fsp3) is 0.846. The van der Waals surface area contributed by atoms with Crippen molar-refractivity contribution in [1.29, 1.82) is 5.26 Å². The van der Waals surface area contributed by atoms with Crippen LogP contribution in [0.2, 0.25) is 0 Å². The Balaban J connectivity index is 2.68. The van der Waals surface area contributed by atoms with Crippen LogP contribution >= 0.6 is 0 Å². The molecule has 96 valence electrons. The maximum absolute atomic E-state index is 12.2. The van der Waals surface area contributed by atoms with E-state index >= 15 is 0 Å². The second-order valence-corrected chi connectivity index (χ2v) is 4.69. The Labute approximate surface area is 103 Å². The molecule has 1 aliphatic carbocycles. The second-order valence-electron chi connectivity index (χ2n) is 4.69. The van der Waals surface area contributed by atoms with Gasteiger partial charge in [-0.2, -0.15) is 5.26 Å². The summed E-state index contributed by atoms with van der Waals surface area (Å²) >= 11 is 0. The Hall–Kier alpha value is -1.08. The molecule has 1 aliphatic rings. The molecular formula is C13H22N2O2. The number of nitrogens with zero attached hydrogens (tertiary/aromatic N) is 1. The van der Waals surface area contributed by atoms with Crippen molar-refractivity contribution in [3.8, 4) is 6.07 Å². The van der Waals surface area contributed by atoms with E-state index in [0.29, 0.717) is 12.8 Å². The Morgan fingerprint density at radius 2 is 2.12 bits per heavy atom. The summed E-state index contributed by atoms with van der Waals surface area (Å²) in [6.45, 7) is 3.77. The molecule has 0 spiro atoms. The minimum Gasteiger partial charge on any atom is -0.379 e. The number of hydrogen-bond acceptors (Lipinski definition) is 3. The standard InChI is InChI=1S/C13H22N2O2/c1-4-13(5-2,9-14)12(16)15-10-7-6-8-11(10)17-3/h10-11H,4-8H2,1-3H3,(H,15,16). The topological polar surface area (TPSA) is 62.1 Å². The fourth-order valence-corrected chi connectivity index (χ4v) is 2.46. The summed E-state index contributed by atoms with van der Waals surface area (Å²) in [5.74, 6) is -0.140. The van der Waals surface area contributed by atoms with Gasteiger partial charge in [0.15, 0.2) is 0 Å². The minimum absolute atomic E-state index is 0.0679. The maximum atomic E-state index is 12.2. The number of amides is 1. The van der Waals surface area contributed by atoms with Crippen molar-refractivity contribution in [2.45, 2.75) is 58.1 Å². The van der Waals surface area contributed by atoms with Gasteiger partial charge in [0.2, 0.25) is 5.91 Å². The number of nitriles is 1. The quantitative estimate of drug-likeness (QED) is 0.796. The number of hydrogen-bond donors (Lipinski definition) is 1. The van der Waals surface area contributed by atoms with Gasteiger partial charge in [-0.15, -0.1) is 0 Å². The van der Waals surface area contributed by atoms with Crippen molar-refractivity contribution in [3.63, 3.8) is 0 Å². The first kappa shape index (κ1) is 14.0. The first-order chi connectivity index (χ1) is 8.13. The summed E-state index contributed by atoms with van der Waals surface area (Å²) in [5, 5.41) is 12.2. The SMILES string of the molecule is CCC(C#N)(CC)C(=O)NC1CCCC1OC. The number of nitrogens with one attached hydrogen (secondary N) is 1. The number of carbonyl (C=O) groups excluding carboxylic acids is 1. The molecule has 0 heterocycles. The second kappa shape index (κ2) is 6.02. The number of rotatable bonds is 5. The zero-order valence-electron chi connectivity index (χ0n) is 11.0. The lowest BCUT2D eigenvalue weighted by Crippen LogP contribution is -2.47. The molecule has 1 saturated carbocycles. The van der Waals surface area contributed by atoms with E-state index in [4.69, 9.17) is 4.74 Å². The van der Waals surface area contributed by atoms with Crippen LogP contribution in [-0.2, 0) is 9.53 Å². The fourth-order valence-electron chi connectivity index (χ4n) is 2.46. The molecule has 1 fully saturated rings. The lowest BCUT2D eigenvalue weighted by molar-refractivity contribution is -0.130. The van der Waals surface area contributed by atoms with Gasteiger partial charge in [0.1, 0.15) is 5.41 Å². The van der Waals surface area contributed by atoms with Crippen LogP contribution in [0, 0.1) is 16.7 Å². The highest BCUT2D eigenvalue weighted by atomic mass is 16.5. The van der Waals surface area contributed by atoms with Crippen LogP contribution in [0.15, 0.2) is 0 Å². The molecule has 1 amide bonds. The van der Waals surface area contributed by atoms with Crippen molar-refractivity contribution in [1.82, 2.24) is 5.32 Å². The van der Waals surface area contributed by atoms with Gasteiger partial charge in [-0.05, 0) is 32.1 Å². The van der Waals surface area contributed by atoms with Gasteiger partial charge in [-0.1, -0.05) is 13.8 Å². The molecule has 0 aromatic rings. The molecule has 0 bridgehead atoms.